The van der Waals surface area contributed by atoms with Crippen LogP contribution in [0.15, 0.2) is 24.3 Å². The first kappa shape index (κ1) is 15.5. The molecule has 0 aliphatic carbocycles. The van der Waals surface area contributed by atoms with Crippen molar-refractivity contribution in [3.05, 3.63) is 34.9 Å². The maximum absolute atomic E-state index is 12.6. The van der Waals surface area contributed by atoms with E-state index < -0.39 is 0 Å². The fourth-order valence-electron chi connectivity index (χ4n) is 3.00. The average Bonchev–Trinajstić information content (AvgIpc) is 2.57. The Labute approximate surface area is 126 Å². The second-order valence-electron chi connectivity index (χ2n) is 5.75. The Morgan fingerprint density at radius 2 is 2.15 bits per heavy atom. The van der Waals surface area contributed by atoms with Gasteiger partial charge in [0, 0.05) is 29.7 Å². The van der Waals surface area contributed by atoms with Gasteiger partial charge in [0.15, 0.2) is 5.78 Å². The molecule has 0 aromatic heterocycles. The van der Waals surface area contributed by atoms with E-state index in [1.165, 1.54) is 0 Å². The van der Waals surface area contributed by atoms with E-state index in [4.69, 9.17) is 11.6 Å². The lowest BCUT2D eigenvalue weighted by Gasteiger charge is -2.32. The van der Waals surface area contributed by atoms with Crippen molar-refractivity contribution in [3.63, 3.8) is 0 Å². The van der Waals surface area contributed by atoms with Crippen LogP contribution in [0.1, 0.15) is 30.6 Å². The summed E-state index contributed by atoms with van der Waals surface area (Å²) in [5.41, 5.74) is 0.704. The van der Waals surface area contributed by atoms with Crippen molar-refractivity contribution in [1.82, 2.24) is 9.80 Å². The third-order valence-corrected chi connectivity index (χ3v) is 4.32. The van der Waals surface area contributed by atoms with Crippen LogP contribution >= 0.6 is 11.6 Å². The molecule has 20 heavy (non-hydrogen) atoms. The molecule has 2 rings (SSSR count). The number of hydrogen-bond donors (Lipinski definition) is 0. The highest BCUT2D eigenvalue weighted by Crippen LogP contribution is 2.18. The largest absolute Gasteiger partial charge is 0.305 e. The summed E-state index contributed by atoms with van der Waals surface area (Å²) in [7, 11) is 2.14. The molecule has 2 unspecified atom stereocenters. The van der Waals surface area contributed by atoms with Crippen LogP contribution in [0.3, 0.4) is 0 Å². The summed E-state index contributed by atoms with van der Waals surface area (Å²) in [6.07, 6.45) is 1.11. The molecule has 0 radical (unpaired) electrons. The van der Waals surface area contributed by atoms with E-state index in [2.05, 4.69) is 23.8 Å². The first-order chi connectivity index (χ1) is 9.49. The molecule has 1 fully saturated rings. The van der Waals surface area contributed by atoms with Gasteiger partial charge in [-0.15, -0.1) is 0 Å². The zero-order valence-corrected chi connectivity index (χ0v) is 13.2. The lowest BCUT2D eigenvalue weighted by atomic mass is 10.0. The van der Waals surface area contributed by atoms with E-state index in [1.807, 2.05) is 19.1 Å². The van der Waals surface area contributed by atoms with Crippen molar-refractivity contribution in [2.24, 2.45) is 0 Å². The Bertz CT molecular complexity index is 477. The number of benzene rings is 1. The minimum atomic E-state index is -0.102. The molecule has 1 aliphatic heterocycles. The van der Waals surface area contributed by atoms with Gasteiger partial charge in [-0.05, 0) is 46.0 Å². The highest BCUT2D eigenvalue weighted by Gasteiger charge is 2.28. The van der Waals surface area contributed by atoms with Crippen LogP contribution in [0.25, 0.3) is 0 Å². The summed E-state index contributed by atoms with van der Waals surface area (Å²) in [4.78, 5) is 17.3. The molecule has 0 spiro atoms. The minimum absolute atomic E-state index is 0.102. The van der Waals surface area contributed by atoms with Crippen LogP contribution in [0.2, 0.25) is 5.02 Å². The minimum Gasteiger partial charge on any atom is -0.305 e. The fraction of sp³-hybridized carbons (Fsp3) is 0.562. The Kier molecular flexibility index (Phi) is 5.19. The normalized spacial score (nSPS) is 23.3. The first-order valence-electron chi connectivity index (χ1n) is 7.23. The predicted octanol–water partition coefficient (Wildman–Crippen LogP) is 2.94. The van der Waals surface area contributed by atoms with Crippen LogP contribution in [0.5, 0.6) is 0 Å². The van der Waals surface area contributed by atoms with Gasteiger partial charge < -0.3 is 4.90 Å². The molecule has 1 heterocycles. The summed E-state index contributed by atoms with van der Waals surface area (Å²) in [6, 6.07) is 7.53. The van der Waals surface area contributed by atoms with Crippen LogP contribution < -0.4 is 0 Å². The Morgan fingerprint density at radius 1 is 1.40 bits per heavy atom. The van der Waals surface area contributed by atoms with Crippen molar-refractivity contribution >= 4 is 17.4 Å². The highest BCUT2D eigenvalue weighted by atomic mass is 35.5. The fourth-order valence-corrected chi connectivity index (χ4v) is 3.19. The smallest absolute Gasteiger partial charge is 0.179 e. The number of carbonyl (C=O) groups excluding carboxylic acids is 1. The first-order valence-corrected chi connectivity index (χ1v) is 7.61. The molecule has 1 aromatic carbocycles. The van der Waals surface area contributed by atoms with Gasteiger partial charge in [-0.25, -0.2) is 0 Å². The number of rotatable bonds is 3. The topological polar surface area (TPSA) is 23.6 Å². The SMILES string of the molecule is CC1CN(C)CCCN1C(C)C(=O)c1cccc(Cl)c1. The molecule has 1 saturated heterocycles. The van der Waals surface area contributed by atoms with E-state index in [9.17, 15) is 4.79 Å². The van der Waals surface area contributed by atoms with Gasteiger partial charge >= 0.3 is 0 Å². The van der Waals surface area contributed by atoms with Crippen LogP contribution in [0.4, 0.5) is 0 Å². The van der Waals surface area contributed by atoms with E-state index in [0.29, 0.717) is 16.6 Å². The van der Waals surface area contributed by atoms with Gasteiger partial charge in [0.05, 0.1) is 6.04 Å². The molecule has 2 atom stereocenters. The zero-order chi connectivity index (χ0) is 14.7. The molecule has 3 nitrogen and oxygen atoms in total. The van der Waals surface area contributed by atoms with Gasteiger partial charge in [0.1, 0.15) is 0 Å². The number of ketones is 1. The van der Waals surface area contributed by atoms with Crippen molar-refractivity contribution in [1.29, 1.82) is 0 Å². The maximum atomic E-state index is 12.6. The number of halogens is 1. The molecule has 0 N–H and O–H groups in total. The standard InChI is InChI=1S/C16H23ClN2O/c1-12-11-18(3)8-5-9-19(12)13(2)16(20)14-6-4-7-15(17)10-14/h4,6-7,10,12-13H,5,8-9,11H2,1-3H3. The summed E-state index contributed by atoms with van der Waals surface area (Å²) in [5.74, 6) is 0.156. The Morgan fingerprint density at radius 3 is 2.85 bits per heavy atom. The number of Topliss-reactive ketones (excluding diaryl/α,β-unsaturated/α-hetero) is 1. The number of likely N-dealkylation sites (N-methyl/N-ethyl adjacent to an activating group) is 1. The van der Waals surface area contributed by atoms with Crippen LogP contribution in [-0.4, -0.2) is 54.3 Å². The van der Waals surface area contributed by atoms with Crippen LogP contribution in [-0.2, 0) is 0 Å². The molecule has 0 saturated carbocycles. The van der Waals surface area contributed by atoms with Gasteiger partial charge in [0.2, 0.25) is 0 Å². The van der Waals surface area contributed by atoms with Crippen molar-refractivity contribution < 1.29 is 4.79 Å². The molecule has 0 amide bonds. The van der Waals surface area contributed by atoms with Crippen molar-refractivity contribution in [2.45, 2.75) is 32.4 Å². The Balaban J connectivity index is 2.13. The zero-order valence-electron chi connectivity index (χ0n) is 12.5. The maximum Gasteiger partial charge on any atom is 0.179 e. The molecular weight excluding hydrogens is 272 g/mol. The molecule has 110 valence electrons. The third kappa shape index (κ3) is 3.60. The van der Waals surface area contributed by atoms with E-state index in [-0.39, 0.29) is 11.8 Å². The monoisotopic (exact) mass is 294 g/mol. The van der Waals surface area contributed by atoms with Gasteiger partial charge in [0.25, 0.3) is 0 Å². The molecular formula is C16H23ClN2O. The average molecular weight is 295 g/mol. The predicted molar refractivity (Wildman–Crippen MR) is 83.5 cm³/mol. The number of hydrogen-bond acceptors (Lipinski definition) is 3. The van der Waals surface area contributed by atoms with Crippen molar-refractivity contribution in [2.75, 3.05) is 26.7 Å². The molecule has 0 bridgehead atoms. The Hall–Kier alpha value is -0.900. The summed E-state index contributed by atoms with van der Waals surface area (Å²) >= 11 is 5.98. The molecule has 1 aliphatic rings. The lowest BCUT2D eigenvalue weighted by Crippen LogP contribution is -2.46. The van der Waals surface area contributed by atoms with Gasteiger partial charge in [-0.2, -0.15) is 0 Å². The molecule has 4 heteroatoms. The van der Waals surface area contributed by atoms with E-state index >= 15 is 0 Å². The second-order valence-corrected chi connectivity index (χ2v) is 6.19. The second kappa shape index (κ2) is 6.70. The van der Waals surface area contributed by atoms with E-state index in [0.717, 1.165) is 26.1 Å². The quantitative estimate of drug-likeness (QED) is 0.801. The summed E-state index contributed by atoms with van der Waals surface area (Å²) in [5, 5.41) is 0.617. The number of carbonyl (C=O) groups is 1. The van der Waals surface area contributed by atoms with Gasteiger partial charge in [-0.1, -0.05) is 23.7 Å². The van der Waals surface area contributed by atoms with Crippen LogP contribution in [0, 0.1) is 0 Å². The number of nitrogens with zero attached hydrogens (tertiary/aromatic N) is 2. The summed E-state index contributed by atoms with van der Waals surface area (Å²) < 4.78 is 0. The lowest BCUT2D eigenvalue weighted by molar-refractivity contribution is 0.0778. The summed E-state index contributed by atoms with van der Waals surface area (Å²) in [6.45, 7) is 7.28. The third-order valence-electron chi connectivity index (χ3n) is 4.08. The van der Waals surface area contributed by atoms with E-state index in [1.54, 1.807) is 12.1 Å². The highest BCUT2D eigenvalue weighted by molar-refractivity contribution is 6.31. The molecule has 1 aromatic rings. The van der Waals surface area contributed by atoms with Gasteiger partial charge in [-0.3, -0.25) is 9.69 Å². The van der Waals surface area contributed by atoms with Crippen molar-refractivity contribution in [3.8, 4) is 0 Å².